The highest BCUT2D eigenvalue weighted by molar-refractivity contribution is 5.94. The molecular formula is C16H20N4O3. The molecule has 0 radical (unpaired) electrons. The van der Waals surface area contributed by atoms with Crippen LogP contribution in [0.25, 0.3) is 11.5 Å². The van der Waals surface area contributed by atoms with Gasteiger partial charge in [-0.2, -0.15) is 4.98 Å². The van der Waals surface area contributed by atoms with Crippen molar-refractivity contribution in [2.45, 2.75) is 6.92 Å². The molecule has 7 heteroatoms. The molecule has 3 rings (SSSR count). The third-order valence-corrected chi connectivity index (χ3v) is 3.74. The van der Waals surface area contributed by atoms with Crippen molar-refractivity contribution in [3.8, 4) is 11.5 Å². The SMILES string of the molecule is Cc1noc(-c2ccc(C(=O)NCCN3CCOCC3)cc2)n1. The Labute approximate surface area is 134 Å². The molecular weight excluding hydrogens is 296 g/mol. The lowest BCUT2D eigenvalue weighted by atomic mass is 10.1. The van der Waals surface area contributed by atoms with Crippen LogP contribution in [-0.4, -0.2) is 60.3 Å². The van der Waals surface area contributed by atoms with Crippen molar-refractivity contribution in [1.29, 1.82) is 0 Å². The number of morpholine rings is 1. The molecule has 2 heterocycles. The molecule has 2 aromatic rings. The van der Waals surface area contributed by atoms with Gasteiger partial charge in [0.05, 0.1) is 13.2 Å². The molecule has 0 spiro atoms. The van der Waals surface area contributed by atoms with Crippen LogP contribution < -0.4 is 5.32 Å². The molecule has 0 saturated carbocycles. The maximum absolute atomic E-state index is 12.1. The first-order chi connectivity index (χ1) is 11.2. The fourth-order valence-corrected chi connectivity index (χ4v) is 2.43. The molecule has 1 aromatic carbocycles. The largest absolute Gasteiger partial charge is 0.379 e. The van der Waals surface area contributed by atoms with E-state index in [0.29, 0.717) is 23.8 Å². The van der Waals surface area contributed by atoms with Crippen LogP contribution in [0.2, 0.25) is 0 Å². The van der Waals surface area contributed by atoms with Crippen LogP contribution in [0.15, 0.2) is 28.8 Å². The lowest BCUT2D eigenvalue weighted by Gasteiger charge is -2.26. The van der Waals surface area contributed by atoms with E-state index in [1.54, 1.807) is 19.1 Å². The summed E-state index contributed by atoms with van der Waals surface area (Å²) in [5, 5.41) is 6.69. The van der Waals surface area contributed by atoms with E-state index in [4.69, 9.17) is 9.26 Å². The maximum atomic E-state index is 12.1. The van der Waals surface area contributed by atoms with Gasteiger partial charge in [-0.05, 0) is 31.2 Å². The minimum absolute atomic E-state index is 0.0773. The number of carbonyl (C=O) groups is 1. The second-order valence-corrected chi connectivity index (χ2v) is 5.43. The monoisotopic (exact) mass is 316 g/mol. The second kappa shape index (κ2) is 7.34. The van der Waals surface area contributed by atoms with E-state index in [0.717, 1.165) is 38.4 Å². The number of ether oxygens (including phenoxy) is 1. The molecule has 1 aromatic heterocycles. The molecule has 0 atom stereocenters. The van der Waals surface area contributed by atoms with Gasteiger partial charge in [0.15, 0.2) is 5.82 Å². The molecule has 1 N–H and O–H groups in total. The Bertz CT molecular complexity index is 648. The number of benzene rings is 1. The number of aromatic nitrogens is 2. The summed E-state index contributed by atoms with van der Waals surface area (Å²) in [4.78, 5) is 18.6. The molecule has 1 aliphatic heterocycles. The first-order valence-corrected chi connectivity index (χ1v) is 7.71. The average Bonchev–Trinajstić information content (AvgIpc) is 3.02. The highest BCUT2D eigenvalue weighted by Crippen LogP contribution is 2.17. The van der Waals surface area contributed by atoms with Crippen molar-refractivity contribution in [2.24, 2.45) is 0 Å². The van der Waals surface area contributed by atoms with Crippen molar-refractivity contribution < 1.29 is 14.1 Å². The number of amides is 1. The van der Waals surface area contributed by atoms with Gasteiger partial charge < -0.3 is 14.6 Å². The minimum Gasteiger partial charge on any atom is -0.379 e. The predicted molar refractivity (Wildman–Crippen MR) is 84.1 cm³/mol. The quantitative estimate of drug-likeness (QED) is 0.890. The van der Waals surface area contributed by atoms with Gasteiger partial charge in [-0.1, -0.05) is 5.16 Å². The average molecular weight is 316 g/mol. The first kappa shape index (κ1) is 15.6. The van der Waals surface area contributed by atoms with Crippen LogP contribution in [0.4, 0.5) is 0 Å². The van der Waals surface area contributed by atoms with Crippen molar-refractivity contribution in [2.75, 3.05) is 39.4 Å². The Morgan fingerprint density at radius 3 is 2.65 bits per heavy atom. The highest BCUT2D eigenvalue weighted by atomic mass is 16.5. The molecule has 23 heavy (non-hydrogen) atoms. The van der Waals surface area contributed by atoms with E-state index < -0.39 is 0 Å². The zero-order chi connectivity index (χ0) is 16.1. The topological polar surface area (TPSA) is 80.5 Å². The van der Waals surface area contributed by atoms with Crippen LogP contribution in [-0.2, 0) is 4.74 Å². The summed E-state index contributed by atoms with van der Waals surface area (Å²) in [6.45, 7) is 6.62. The van der Waals surface area contributed by atoms with Gasteiger partial charge in [0, 0.05) is 37.3 Å². The summed E-state index contributed by atoms with van der Waals surface area (Å²) >= 11 is 0. The van der Waals surface area contributed by atoms with E-state index in [1.165, 1.54) is 0 Å². The van der Waals surface area contributed by atoms with Crippen LogP contribution in [0.1, 0.15) is 16.2 Å². The van der Waals surface area contributed by atoms with Crippen LogP contribution in [0.3, 0.4) is 0 Å². The number of hydrogen-bond donors (Lipinski definition) is 1. The molecule has 0 unspecified atom stereocenters. The van der Waals surface area contributed by atoms with Gasteiger partial charge in [-0.3, -0.25) is 9.69 Å². The predicted octanol–water partition coefficient (Wildman–Crippen LogP) is 1.11. The molecule has 0 aliphatic carbocycles. The van der Waals surface area contributed by atoms with Gasteiger partial charge in [-0.25, -0.2) is 0 Å². The van der Waals surface area contributed by atoms with Gasteiger partial charge in [0.1, 0.15) is 0 Å². The maximum Gasteiger partial charge on any atom is 0.257 e. The van der Waals surface area contributed by atoms with E-state index in [1.807, 2.05) is 12.1 Å². The summed E-state index contributed by atoms with van der Waals surface area (Å²) in [5.74, 6) is 0.971. The Balaban J connectivity index is 1.51. The number of nitrogens with zero attached hydrogens (tertiary/aromatic N) is 3. The van der Waals surface area contributed by atoms with Gasteiger partial charge >= 0.3 is 0 Å². The summed E-state index contributed by atoms with van der Waals surface area (Å²) in [5.41, 5.74) is 1.42. The Morgan fingerprint density at radius 1 is 1.26 bits per heavy atom. The number of hydrogen-bond acceptors (Lipinski definition) is 6. The standard InChI is InChI=1S/C16H20N4O3/c1-12-18-16(23-19-12)14-4-2-13(3-5-14)15(21)17-6-7-20-8-10-22-11-9-20/h2-5H,6-11H2,1H3,(H,17,21). The second-order valence-electron chi connectivity index (χ2n) is 5.43. The summed E-state index contributed by atoms with van der Waals surface area (Å²) in [6.07, 6.45) is 0. The van der Waals surface area contributed by atoms with Crippen LogP contribution in [0, 0.1) is 6.92 Å². The van der Waals surface area contributed by atoms with Crippen molar-refractivity contribution in [1.82, 2.24) is 20.4 Å². The molecule has 1 aliphatic rings. The Kier molecular flexibility index (Phi) is 4.99. The molecule has 1 saturated heterocycles. The van der Waals surface area contributed by atoms with Crippen LogP contribution >= 0.6 is 0 Å². The molecule has 7 nitrogen and oxygen atoms in total. The lowest BCUT2D eigenvalue weighted by Crippen LogP contribution is -2.41. The Hall–Kier alpha value is -2.25. The Morgan fingerprint density at radius 2 is 2.00 bits per heavy atom. The third kappa shape index (κ3) is 4.14. The third-order valence-electron chi connectivity index (χ3n) is 3.74. The number of aryl methyl sites for hydroxylation is 1. The first-order valence-electron chi connectivity index (χ1n) is 7.71. The molecule has 122 valence electrons. The van der Waals surface area contributed by atoms with E-state index in [9.17, 15) is 4.79 Å². The smallest absolute Gasteiger partial charge is 0.257 e. The van der Waals surface area contributed by atoms with Crippen molar-refractivity contribution >= 4 is 5.91 Å². The number of rotatable bonds is 5. The number of carbonyl (C=O) groups excluding carboxylic acids is 1. The number of nitrogens with one attached hydrogen (secondary N) is 1. The van der Waals surface area contributed by atoms with Gasteiger partial charge in [-0.15, -0.1) is 0 Å². The van der Waals surface area contributed by atoms with E-state index in [-0.39, 0.29) is 5.91 Å². The van der Waals surface area contributed by atoms with Gasteiger partial charge in [0.25, 0.3) is 11.8 Å². The van der Waals surface area contributed by atoms with Crippen molar-refractivity contribution in [3.05, 3.63) is 35.7 Å². The summed E-state index contributed by atoms with van der Waals surface area (Å²) < 4.78 is 10.4. The van der Waals surface area contributed by atoms with Gasteiger partial charge in [0.2, 0.25) is 0 Å². The fraction of sp³-hybridized carbons (Fsp3) is 0.438. The molecule has 0 bridgehead atoms. The van der Waals surface area contributed by atoms with E-state index >= 15 is 0 Å². The zero-order valence-electron chi connectivity index (χ0n) is 13.1. The fourth-order valence-electron chi connectivity index (χ4n) is 2.43. The highest BCUT2D eigenvalue weighted by Gasteiger charge is 2.12. The van der Waals surface area contributed by atoms with E-state index in [2.05, 4.69) is 20.4 Å². The molecule has 1 amide bonds. The van der Waals surface area contributed by atoms with Crippen molar-refractivity contribution in [3.63, 3.8) is 0 Å². The summed E-state index contributed by atoms with van der Waals surface area (Å²) in [6, 6.07) is 7.14. The summed E-state index contributed by atoms with van der Waals surface area (Å²) in [7, 11) is 0. The van der Waals surface area contributed by atoms with Crippen LogP contribution in [0.5, 0.6) is 0 Å². The zero-order valence-corrected chi connectivity index (χ0v) is 13.1. The lowest BCUT2D eigenvalue weighted by molar-refractivity contribution is 0.0383. The normalized spacial score (nSPS) is 15.5. The molecule has 1 fully saturated rings. The minimum atomic E-state index is -0.0773.